The van der Waals surface area contributed by atoms with E-state index in [-0.39, 0.29) is 23.9 Å². The van der Waals surface area contributed by atoms with Crippen LogP contribution < -0.4 is 5.73 Å². The molecule has 8 heteroatoms. The predicted molar refractivity (Wildman–Crippen MR) is 67.8 cm³/mol. The van der Waals surface area contributed by atoms with Crippen LogP contribution in [0.4, 0.5) is 8.78 Å². The number of hydrogen-bond donors (Lipinski definition) is 1. The van der Waals surface area contributed by atoms with Crippen LogP contribution in [-0.4, -0.2) is 18.5 Å². The Morgan fingerprint density at radius 2 is 2.29 bits per heavy atom. The number of ether oxygens (including phenoxy) is 1. The topological polar surface area (TPSA) is 52.3 Å². The van der Waals surface area contributed by atoms with Crippen molar-refractivity contribution in [2.24, 2.45) is 5.73 Å². The molecule has 0 aliphatic carbocycles. The maximum absolute atomic E-state index is 13.5. The van der Waals surface area contributed by atoms with Gasteiger partial charge in [-0.15, -0.1) is 23.7 Å². The minimum atomic E-state index is -3.71. The van der Waals surface area contributed by atoms with E-state index < -0.39 is 17.9 Å². The zero-order valence-corrected chi connectivity index (χ0v) is 12.0. The van der Waals surface area contributed by atoms with Gasteiger partial charge in [0.05, 0.1) is 6.61 Å². The molecule has 0 amide bonds. The van der Waals surface area contributed by atoms with Gasteiger partial charge in [-0.05, 0) is 28.9 Å². The van der Waals surface area contributed by atoms with Crippen LogP contribution in [-0.2, 0) is 9.53 Å². The molecular formula is C9H11BrClF2NO2S. The van der Waals surface area contributed by atoms with Gasteiger partial charge in [-0.1, -0.05) is 0 Å². The summed E-state index contributed by atoms with van der Waals surface area (Å²) in [5, 5.41) is 1.62. The Balaban J connectivity index is 0.00000256. The molecule has 0 aromatic carbocycles. The maximum atomic E-state index is 13.5. The second-order valence-electron chi connectivity index (χ2n) is 2.99. The summed E-state index contributed by atoms with van der Waals surface area (Å²) < 4.78 is 31.9. The van der Waals surface area contributed by atoms with E-state index in [0.29, 0.717) is 4.47 Å². The van der Waals surface area contributed by atoms with Crippen molar-refractivity contribution in [1.82, 2.24) is 0 Å². The molecule has 98 valence electrons. The Morgan fingerprint density at radius 1 is 1.71 bits per heavy atom. The number of hydrogen-bond acceptors (Lipinski definition) is 4. The maximum Gasteiger partial charge on any atom is 0.379 e. The molecule has 1 aromatic heterocycles. The molecule has 0 spiro atoms. The largest absolute Gasteiger partial charge is 0.462 e. The molecule has 0 radical (unpaired) electrons. The summed E-state index contributed by atoms with van der Waals surface area (Å²) in [4.78, 5) is 11.3. The summed E-state index contributed by atoms with van der Waals surface area (Å²) in [5.41, 5.74) is 5.36. The number of carbonyl (C=O) groups is 1. The third-order valence-corrected chi connectivity index (χ3v) is 3.61. The predicted octanol–water partition coefficient (Wildman–Crippen LogP) is 3.13. The first-order chi connectivity index (χ1) is 7.39. The second kappa shape index (κ2) is 6.63. The van der Waals surface area contributed by atoms with Crippen molar-refractivity contribution >= 4 is 45.6 Å². The fourth-order valence-corrected chi connectivity index (χ4v) is 2.51. The number of rotatable bonds is 4. The van der Waals surface area contributed by atoms with Crippen molar-refractivity contribution in [3.63, 3.8) is 0 Å². The van der Waals surface area contributed by atoms with Gasteiger partial charge in [0.25, 0.3) is 0 Å². The molecule has 1 heterocycles. The fourth-order valence-electron chi connectivity index (χ4n) is 1.02. The summed E-state index contributed by atoms with van der Waals surface area (Å²) in [7, 11) is 0. The molecule has 0 aliphatic rings. The third kappa shape index (κ3) is 3.87. The van der Waals surface area contributed by atoms with Crippen LogP contribution in [0.25, 0.3) is 0 Å². The van der Waals surface area contributed by atoms with Gasteiger partial charge in [0, 0.05) is 14.7 Å². The standard InChI is InChI=1S/C9H10BrF2NO2S.ClH/c1-2-15-8(14)9(11,12)7(13)6-3-5(10)4-16-6;/h3-4,7H,2,13H2,1H3;1H/t7-;/m1./s1. The highest BCUT2D eigenvalue weighted by atomic mass is 79.9. The minimum absolute atomic E-state index is 0. The number of halogens is 4. The Hall–Kier alpha value is -0.240. The van der Waals surface area contributed by atoms with E-state index in [2.05, 4.69) is 20.7 Å². The number of esters is 1. The van der Waals surface area contributed by atoms with Gasteiger partial charge in [-0.25, -0.2) is 4.79 Å². The molecule has 3 nitrogen and oxygen atoms in total. The van der Waals surface area contributed by atoms with Gasteiger partial charge in [0.2, 0.25) is 0 Å². The van der Waals surface area contributed by atoms with Crippen molar-refractivity contribution in [3.05, 3.63) is 20.8 Å². The fraction of sp³-hybridized carbons (Fsp3) is 0.444. The molecule has 0 saturated carbocycles. The number of carbonyl (C=O) groups excluding carboxylic acids is 1. The first-order valence-corrected chi connectivity index (χ1v) is 6.11. The van der Waals surface area contributed by atoms with Crippen molar-refractivity contribution in [3.8, 4) is 0 Å². The number of alkyl halides is 2. The summed E-state index contributed by atoms with van der Waals surface area (Å²) in [6.07, 6.45) is 0. The van der Waals surface area contributed by atoms with E-state index >= 15 is 0 Å². The van der Waals surface area contributed by atoms with E-state index in [0.717, 1.165) is 11.3 Å². The summed E-state index contributed by atoms with van der Waals surface area (Å²) >= 11 is 4.19. The lowest BCUT2D eigenvalue weighted by atomic mass is 10.1. The Morgan fingerprint density at radius 3 is 2.71 bits per heavy atom. The Bertz CT molecular complexity index is 389. The highest BCUT2D eigenvalue weighted by molar-refractivity contribution is 9.10. The molecule has 0 fully saturated rings. The van der Waals surface area contributed by atoms with E-state index in [9.17, 15) is 13.6 Å². The molecular weight excluding hydrogens is 340 g/mol. The van der Waals surface area contributed by atoms with Crippen LogP contribution in [0, 0.1) is 0 Å². The first-order valence-electron chi connectivity index (χ1n) is 4.44. The highest BCUT2D eigenvalue weighted by Gasteiger charge is 2.48. The molecule has 2 N–H and O–H groups in total. The molecule has 1 rings (SSSR count). The van der Waals surface area contributed by atoms with Crippen LogP contribution in [0.1, 0.15) is 17.8 Å². The minimum Gasteiger partial charge on any atom is -0.462 e. The van der Waals surface area contributed by atoms with Crippen molar-refractivity contribution < 1.29 is 18.3 Å². The summed E-state index contributed by atoms with van der Waals surface area (Å²) in [5.74, 6) is -5.30. The normalized spacial score (nSPS) is 12.8. The molecule has 1 aromatic rings. The lowest BCUT2D eigenvalue weighted by Crippen LogP contribution is -2.41. The molecule has 0 aliphatic heterocycles. The van der Waals surface area contributed by atoms with Gasteiger partial charge in [0.1, 0.15) is 6.04 Å². The Kier molecular flexibility index (Phi) is 6.53. The van der Waals surface area contributed by atoms with Gasteiger partial charge >= 0.3 is 11.9 Å². The second-order valence-corrected chi connectivity index (χ2v) is 4.85. The van der Waals surface area contributed by atoms with Gasteiger partial charge in [0.15, 0.2) is 0 Å². The quantitative estimate of drug-likeness (QED) is 0.849. The SMILES string of the molecule is CCOC(=O)C(F)(F)[C@H](N)c1cc(Br)cs1.Cl. The molecule has 0 bridgehead atoms. The van der Waals surface area contributed by atoms with Crippen LogP contribution in [0.2, 0.25) is 0 Å². The monoisotopic (exact) mass is 349 g/mol. The van der Waals surface area contributed by atoms with Crippen molar-refractivity contribution in [2.45, 2.75) is 18.9 Å². The van der Waals surface area contributed by atoms with E-state index in [1.165, 1.54) is 13.0 Å². The molecule has 1 atom stereocenters. The van der Waals surface area contributed by atoms with Gasteiger partial charge < -0.3 is 10.5 Å². The average molecular weight is 351 g/mol. The van der Waals surface area contributed by atoms with Gasteiger partial charge in [-0.3, -0.25) is 0 Å². The number of thiophene rings is 1. The van der Waals surface area contributed by atoms with Crippen LogP contribution in [0.5, 0.6) is 0 Å². The van der Waals surface area contributed by atoms with Crippen LogP contribution in [0.3, 0.4) is 0 Å². The summed E-state index contributed by atoms with van der Waals surface area (Å²) in [6, 6.07) is -0.217. The van der Waals surface area contributed by atoms with Gasteiger partial charge in [-0.2, -0.15) is 8.78 Å². The highest BCUT2D eigenvalue weighted by Crippen LogP contribution is 2.35. The van der Waals surface area contributed by atoms with E-state index in [1.54, 1.807) is 5.38 Å². The first kappa shape index (κ1) is 16.8. The molecule has 0 saturated heterocycles. The number of nitrogens with two attached hydrogens (primary N) is 1. The zero-order valence-electron chi connectivity index (χ0n) is 8.78. The lowest BCUT2D eigenvalue weighted by Gasteiger charge is -2.20. The smallest absolute Gasteiger partial charge is 0.379 e. The van der Waals surface area contributed by atoms with Crippen molar-refractivity contribution in [2.75, 3.05) is 6.61 Å². The van der Waals surface area contributed by atoms with E-state index in [1.807, 2.05) is 0 Å². The molecule has 0 unspecified atom stereocenters. The van der Waals surface area contributed by atoms with E-state index in [4.69, 9.17) is 5.73 Å². The van der Waals surface area contributed by atoms with Crippen LogP contribution >= 0.6 is 39.7 Å². The average Bonchev–Trinajstić information content (AvgIpc) is 2.64. The van der Waals surface area contributed by atoms with Crippen molar-refractivity contribution in [1.29, 1.82) is 0 Å². The zero-order chi connectivity index (χ0) is 12.3. The Labute approximate surface area is 116 Å². The van der Waals surface area contributed by atoms with Crippen LogP contribution in [0.15, 0.2) is 15.9 Å². The third-order valence-electron chi connectivity index (χ3n) is 1.83. The summed E-state index contributed by atoms with van der Waals surface area (Å²) in [6.45, 7) is 1.36. The lowest BCUT2D eigenvalue weighted by molar-refractivity contribution is -0.174. The molecule has 17 heavy (non-hydrogen) atoms.